The number of rotatable bonds is 10. The molecule has 0 spiro atoms. The van der Waals surface area contributed by atoms with Crippen LogP contribution in [0.4, 0.5) is 0 Å². The van der Waals surface area contributed by atoms with Gasteiger partial charge < -0.3 is 19.7 Å². The van der Waals surface area contributed by atoms with Crippen molar-refractivity contribution in [1.82, 2.24) is 15.2 Å². The molecule has 6 nitrogen and oxygen atoms in total. The molecular formula is C20H37IN4O2S. The Labute approximate surface area is 191 Å². The molecule has 0 radical (unpaired) electrons. The highest BCUT2D eigenvalue weighted by atomic mass is 127. The minimum absolute atomic E-state index is 0. The maximum absolute atomic E-state index is 5.99. The monoisotopic (exact) mass is 524 g/mol. The summed E-state index contributed by atoms with van der Waals surface area (Å²) < 4.78 is 11.3. The number of methoxy groups -OCH3 is 1. The van der Waals surface area contributed by atoms with E-state index in [0.717, 1.165) is 49.3 Å². The lowest BCUT2D eigenvalue weighted by Gasteiger charge is -2.22. The zero-order valence-corrected chi connectivity index (χ0v) is 20.9. The number of halogens is 1. The van der Waals surface area contributed by atoms with Crippen molar-refractivity contribution in [2.45, 2.75) is 71.1 Å². The predicted octanol–water partition coefficient (Wildman–Crippen LogP) is 4.61. The Balaban J connectivity index is 0.00000392. The molecule has 1 unspecified atom stereocenters. The normalized spacial score (nSPS) is 16.5. The lowest BCUT2D eigenvalue weighted by atomic mass is 9.98. The first-order valence-electron chi connectivity index (χ1n) is 10.2. The number of nitrogens with one attached hydrogen (secondary N) is 1. The summed E-state index contributed by atoms with van der Waals surface area (Å²) in [6.45, 7) is 7.29. The molecule has 2 rings (SSSR count). The Morgan fingerprint density at radius 2 is 2.14 bits per heavy atom. The molecule has 0 bridgehead atoms. The van der Waals surface area contributed by atoms with E-state index in [-0.39, 0.29) is 30.1 Å². The zero-order chi connectivity index (χ0) is 19.5. The van der Waals surface area contributed by atoms with Crippen LogP contribution in [0.25, 0.3) is 0 Å². The van der Waals surface area contributed by atoms with Crippen molar-refractivity contribution in [2.75, 3.05) is 33.9 Å². The van der Waals surface area contributed by atoms with Crippen LogP contribution in [-0.4, -0.2) is 55.8 Å². The Bertz CT molecular complexity index is 564. The van der Waals surface area contributed by atoms with Gasteiger partial charge in [0, 0.05) is 39.2 Å². The lowest BCUT2D eigenvalue weighted by molar-refractivity contribution is 0.0281. The molecular weight excluding hydrogens is 487 g/mol. The first kappa shape index (κ1) is 25.6. The van der Waals surface area contributed by atoms with E-state index in [0.29, 0.717) is 6.10 Å². The molecule has 1 heterocycles. The third-order valence-electron chi connectivity index (χ3n) is 4.84. The molecule has 1 N–H and O–H groups in total. The molecule has 1 atom stereocenters. The fourth-order valence-corrected chi connectivity index (χ4v) is 4.04. The summed E-state index contributed by atoms with van der Waals surface area (Å²) in [6, 6.07) is 0. The van der Waals surface area contributed by atoms with Crippen LogP contribution in [0, 0.1) is 0 Å². The number of nitrogens with zero attached hydrogens (tertiary/aromatic N) is 3. The van der Waals surface area contributed by atoms with E-state index in [2.05, 4.69) is 34.6 Å². The van der Waals surface area contributed by atoms with Crippen LogP contribution in [0.5, 0.6) is 0 Å². The second-order valence-electron chi connectivity index (χ2n) is 7.13. The van der Waals surface area contributed by atoms with E-state index in [1.165, 1.54) is 32.1 Å². The van der Waals surface area contributed by atoms with Crippen molar-refractivity contribution >= 4 is 41.3 Å². The van der Waals surface area contributed by atoms with Crippen molar-refractivity contribution in [3.8, 4) is 0 Å². The van der Waals surface area contributed by atoms with Crippen LogP contribution in [0.15, 0.2) is 10.4 Å². The molecule has 8 heteroatoms. The number of hydrogen-bond donors (Lipinski definition) is 1. The molecule has 0 amide bonds. The maximum Gasteiger partial charge on any atom is 0.194 e. The summed E-state index contributed by atoms with van der Waals surface area (Å²) in [7, 11) is 3.77. The molecule has 1 aliphatic carbocycles. The SMILES string of the molecule is CCNC(=NCCCOC1CCCCC1)N(C)Cc1csc(C(C)OC)n1.I. The smallest absolute Gasteiger partial charge is 0.194 e. The molecule has 0 aliphatic heterocycles. The average molecular weight is 525 g/mol. The standard InChI is InChI=1S/C20H36N4O2S.HI/c1-5-21-20(22-12-9-13-26-18-10-7-6-8-11-18)24(3)14-17-15-27-19(23-17)16(2)25-4;/h15-16,18H,5-14H2,1-4H3,(H,21,22);1H. The molecule has 28 heavy (non-hydrogen) atoms. The first-order chi connectivity index (χ1) is 13.1. The van der Waals surface area contributed by atoms with Gasteiger partial charge in [-0.1, -0.05) is 19.3 Å². The van der Waals surface area contributed by atoms with Gasteiger partial charge in [0.05, 0.1) is 18.3 Å². The third kappa shape index (κ3) is 8.92. The highest BCUT2D eigenvalue weighted by Crippen LogP contribution is 2.21. The van der Waals surface area contributed by atoms with Gasteiger partial charge in [-0.25, -0.2) is 4.98 Å². The van der Waals surface area contributed by atoms with Crippen LogP contribution in [0.3, 0.4) is 0 Å². The summed E-state index contributed by atoms with van der Waals surface area (Å²) in [4.78, 5) is 11.6. The minimum atomic E-state index is 0. The highest BCUT2D eigenvalue weighted by molar-refractivity contribution is 14.0. The van der Waals surface area contributed by atoms with Gasteiger partial charge >= 0.3 is 0 Å². The van der Waals surface area contributed by atoms with Crippen molar-refractivity contribution in [3.05, 3.63) is 16.1 Å². The van der Waals surface area contributed by atoms with Gasteiger partial charge in [-0.2, -0.15) is 0 Å². The fourth-order valence-electron chi connectivity index (χ4n) is 3.20. The molecule has 162 valence electrons. The van der Waals surface area contributed by atoms with Gasteiger partial charge in [0.2, 0.25) is 0 Å². The summed E-state index contributed by atoms with van der Waals surface area (Å²) in [6.07, 6.45) is 7.95. The van der Waals surface area contributed by atoms with Crippen LogP contribution in [-0.2, 0) is 16.0 Å². The minimum Gasteiger partial charge on any atom is -0.378 e. The van der Waals surface area contributed by atoms with Gasteiger partial charge in [-0.05, 0) is 33.1 Å². The summed E-state index contributed by atoms with van der Waals surface area (Å²) in [5, 5.41) is 6.49. The molecule has 1 aromatic rings. The Kier molecular flexibility index (Phi) is 13.3. The second kappa shape index (κ2) is 14.5. The molecule has 1 saturated carbocycles. The molecule has 0 aromatic carbocycles. The lowest BCUT2D eigenvalue weighted by Crippen LogP contribution is -2.38. The van der Waals surface area contributed by atoms with E-state index in [4.69, 9.17) is 14.5 Å². The Morgan fingerprint density at radius 1 is 1.39 bits per heavy atom. The topological polar surface area (TPSA) is 59.0 Å². The average Bonchev–Trinajstić information content (AvgIpc) is 3.15. The number of aromatic nitrogens is 1. The van der Waals surface area contributed by atoms with E-state index in [1.54, 1.807) is 18.4 Å². The van der Waals surface area contributed by atoms with Crippen LogP contribution >= 0.6 is 35.3 Å². The van der Waals surface area contributed by atoms with E-state index in [9.17, 15) is 0 Å². The maximum atomic E-state index is 5.99. The number of thiazole rings is 1. The van der Waals surface area contributed by atoms with E-state index >= 15 is 0 Å². The Hall–Kier alpha value is -0.450. The summed E-state index contributed by atoms with van der Waals surface area (Å²) in [5.41, 5.74) is 1.05. The number of ether oxygens (including phenoxy) is 2. The van der Waals surface area contributed by atoms with Crippen LogP contribution in [0.1, 0.15) is 69.2 Å². The van der Waals surface area contributed by atoms with Gasteiger partial charge in [-0.3, -0.25) is 4.99 Å². The van der Waals surface area contributed by atoms with Crippen molar-refractivity contribution in [3.63, 3.8) is 0 Å². The van der Waals surface area contributed by atoms with Crippen molar-refractivity contribution in [2.24, 2.45) is 4.99 Å². The van der Waals surface area contributed by atoms with Gasteiger partial charge in [0.25, 0.3) is 0 Å². The number of guanidine groups is 1. The third-order valence-corrected chi connectivity index (χ3v) is 5.89. The van der Waals surface area contributed by atoms with Crippen molar-refractivity contribution < 1.29 is 9.47 Å². The largest absolute Gasteiger partial charge is 0.378 e. The predicted molar refractivity (Wildman–Crippen MR) is 128 cm³/mol. The quantitative estimate of drug-likeness (QED) is 0.210. The first-order valence-corrected chi connectivity index (χ1v) is 11.1. The second-order valence-corrected chi connectivity index (χ2v) is 8.02. The zero-order valence-electron chi connectivity index (χ0n) is 17.8. The summed E-state index contributed by atoms with van der Waals surface area (Å²) >= 11 is 1.65. The molecule has 1 aromatic heterocycles. The van der Waals surface area contributed by atoms with Crippen LogP contribution in [0.2, 0.25) is 0 Å². The van der Waals surface area contributed by atoms with Gasteiger partial charge in [-0.15, -0.1) is 35.3 Å². The summed E-state index contributed by atoms with van der Waals surface area (Å²) in [5.74, 6) is 0.921. The van der Waals surface area contributed by atoms with Crippen molar-refractivity contribution in [1.29, 1.82) is 0 Å². The van der Waals surface area contributed by atoms with Gasteiger partial charge in [0.1, 0.15) is 11.1 Å². The molecule has 1 aliphatic rings. The number of aliphatic imine (C=N–C) groups is 1. The van der Waals surface area contributed by atoms with Crippen LogP contribution < -0.4 is 5.32 Å². The van der Waals surface area contributed by atoms with E-state index in [1.807, 2.05) is 6.92 Å². The fraction of sp³-hybridized carbons (Fsp3) is 0.800. The molecule has 1 fully saturated rings. The molecule has 0 saturated heterocycles. The van der Waals surface area contributed by atoms with E-state index < -0.39 is 0 Å². The number of hydrogen-bond acceptors (Lipinski definition) is 5. The Morgan fingerprint density at radius 3 is 2.82 bits per heavy atom. The highest BCUT2D eigenvalue weighted by Gasteiger charge is 2.14. The van der Waals surface area contributed by atoms with Gasteiger partial charge in [0.15, 0.2) is 5.96 Å².